The van der Waals surface area contributed by atoms with E-state index in [4.69, 9.17) is 23.7 Å². The van der Waals surface area contributed by atoms with Crippen LogP contribution >= 0.6 is 0 Å². The van der Waals surface area contributed by atoms with Gasteiger partial charge in [0.2, 0.25) is 0 Å². The van der Waals surface area contributed by atoms with E-state index >= 15 is 0 Å². The first-order valence-corrected chi connectivity index (χ1v) is 11.4. The molecular weight excluding hydrogens is 420 g/mol. The van der Waals surface area contributed by atoms with Crippen molar-refractivity contribution in [1.29, 1.82) is 0 Å². The van der Waals surface area contributed by atoms with Crippen molar-refractivity contribution < 1.29 is 28.8 Å². The van der Waals surface area contributed by atoms with Gasteiger partial charge < -0.3 is 28.8 Å². The molecule has 0 radical (unpaired) electrons. The van der Waals surface area contributed by atoms with E-state index in [1.807, 2.05) is 26.0 Å². The normalized spacial score (nSPS) is 15.5. The summed E-state index contributed by atoms with van der Waals surface area (Å²) in [7, 11) is 3.15. The maximum Gasteiger partial charge on any atom is 0.188 e. The van der Waals surface area contributed by atoms with Gasteiger partial charge in [-0.05, 0) is 73.0 Å². The Kier molecular flexibility index (Phi) is 10.0. The highest BCUT2D eigenvalue weighted by Gasteiger charge is 2.33. The molecule has 1 heterocycles. The molecule has 0 aliphatic carbocycles. The van der Waals surface area contributed by atoms with Crippen LogP contribution in [0.5, 0.6) is 17.2 Å². The predicted molar refractivity (Wildman–Crippen MR) is 132 cm³/mol. The van der Waals surface area contributed by atoms with Crippen molar-refractivity contribution in [1.82, 2.24) is 0 Å². The van der Waals surface area contributed by atoms with Crippen LogP contribution in [-0.2, 0) is 15.9 Å². The Balaban J connectivity index is 2.65. The number of ether oxygens (including phenoxy) is 5. The van der Waals surface area contributed by atoms with E-state index in [2.05, 4.69) is 32.9 Å². The predicted octanol–water partition coefficient (Wildman–Crippen LogP) is 6.12. The maximum absolute atomic E-state index is 10.8. The second kappa shape index (κ2) is 12.3. The zero-order chi connectivity index (χ0) is 24.6. The maximum atomic E-state index is 10.8. The van der Waals surface area contributed by atoms with E-state index in [0.717, 1.165) is 24.0 Å². The molecule has 6 heteroatoms. The highest BCUT2D eigenvalue weighted by Crippen LogP contribution is 2.50. The number of fused-ring (bicyclic) bond motifs is 1. The van der Waals surface area contributed by atoms with Crippen molar-refractivity contribution in [3.8, 4) is 17.2 Å². The Morgan fingerprint density at radius 3 is 2.27 bits per heavy atom. The van der Waals surface area contributed by atoms with Crippen LogP contribution in [0.1, 0.15) is 77.2 Å². The lowest BCUT2D eigenvalue weighted by molar-refractivity contribution is 0.0413. The molecule has 6 nitrogen and oxygen atoms in total. The van der Waals surface area contributed by atoms with Gasteiger partial charge in [-0.3, -0.25) is 0 Å². The highest BCUT2D eigenvalue weighted by atomic mass is 16.7. The number of aliphatic hydroxyl groups excluding tert-OH is 1. The minimum absolute atomic E-state index is 0.0394. The molecule has 0 saturated heterocycles. The summed E-state index contributed by atoms with van der Waals surface area (Å²) in [6, 6.07) is 0. The van der Waals surface area contributed by atoms with Gasteiger partial charge in [-0.1, -0.05) is 23.3 Å². The fourth-order valence-corrected chi connectivity index (χ4v) is 3.72. The van der Waals surface area contributed by atoms with Gasteiger partial charge in [0.05, 0.1) is 17.2 Å². The standard InChI is InChI=1S/C27H40O6/c1-18(2)10-9-11-19(3)12-13-21-24(31-16-29-7)22-14-15-27(5,6)33-26(22)23(20(4)28)25(21)32-17-30-8/h10,12,14-15,20,28H,9,11,13,16-17H2,1-8H3/b19-12+. The van der Waals surface area contributed by atoms with Crippen LogP contribution in [-0.4, -0.2) is 38.5 Å². The van der Waals surface area contributed by atoms with Crippen molar-refractivity contribution in [3.05, 3.63) is 46.1 Å². The number of allylic oxidation sites excluding steroid dienone is 4. The van der Waals surface area contributed by atoms with E-state index in [1.165, 1.54) is 11.1 Å². The zero-order valence-electron chi connectivity index (χ0n) is 21.4. The first-order chi connectivity index (χ1) is 15.6. The van der Waals surface area contributed by atoms with Gasteiger partial charge in [0, 0.05) is 19.8 Å². The SMILES string of the molecule is COCOc1c2c(c(C(C)O)c(OCOC)c1C/C=C(\C)CCC=C(C)C)OC(C)(C)C=C2. The van der Waals surface area contributed by atoms with E-state index < -0.39 is 11.7 Å². The van der Waals surface area contributed by atoms with E-state index in [1.54, 1.807) is 21.1 Å². The second-order valence-electron chi connectivity index (χ2n) is 9.18. The van der Waals surface area contributed by atoms with Crippen LogP contribution in [0.2, 0.25) is 0 Å². The van der Waals surface area contributed by atoms with E-state index in [9.17, 15) is 5.11 Å². The average molecular weight is 461 g/mol. The van der Waals surface area contributed by atoms with Crippen molar-refractivity contribution >= 4 is 6.08 Å². The van der Waals surface area contributed by atoms with Gasteiger partial charge in [-0.2, -0.15) is 0 Å². The van der Waals surface area contributed by atoms with Crippen LogP contribution in [0.3, 0.4) is 0 Å². The lowest BCUT2D eigenvalue weighted by Gasteiger charge is -2.33. The van der Waals surface area contributed by atoms with Crippen LogP contribution < -0.4 is 14.2 Å². The molecule has 0 aromatic heterocycles. The third-order valence-electron chi connectivity index (χ3n) is 5.35. The Bertz CT molecular complexity index is 889. The number of rotatable bonds is 12. The molecule has 184 valence electrons. The third-order valence-corrected chi connectivity index (χ3v) is 5.35. The van der Waals surface area contributed by atoms with Crippen LogP contribution in [0.25, 0.3) is 6.08 Å². The molecule has 0 bridgehead atoms. The molecule has 1 aliphatic heterocycles. The molecule has 0 amide bonds. The summed E-state index contributed by atoms with van der Waals surface area (Å²) < 4.78 is 28.8. The van der Waals surface area contributed by atoms with E-state index in [-0.39, 0.29) is 13.6 Å². The molecule has 0 spiro atoms. The quantitative estimate of drug-likeness (QED) is 0.299. The molecule has 33 heavy (non-hydrogen) atoms. The molecule has 1 atom stereocenters. The summed E-state index contributed by atoms with van der Waals surface area (Å²) in [5.41, 5.74) is 4.25. The molecule has 1 aromatic carbocycles. The Morgan fingerprint density at radius 2 is 1.70 bits per heavy atom. The molecule has 1 aliphatic rings. The largest absolute Gasteiger partial charge is 0.482 e. The molecule has 1 aromatic rings. The molecule has 0 fully saturated rings. The van der Waals surface area contributed by atoms with Crippen molar-refractivity contribution in [2.75, 3.05) is 27.8 Å². The van der Waals surface area contributed by atoms with Gasteiger partial charge in [-0.15, -0.1) is 0 Å². The summed E-state index contributed by atoms with van der Waals surface area (Å²) in [6.45, 7) is 12.1. The minimum Gasteiger partial charge on any atom is -0.482 e. The number of aliphatic hydroxyl groups is 1. The molecule has 1 unspecified atom stereocenters. The summed E-state index contributed by atoms with van der Waals surface area (Å²) in [4.78, 5) is 0. The van der Waals surface area contributed by atoms with Crippen molar-refractivity contribution in [2.24, 2.45) is 0 Å². The summed E-state index contributed by atoms with van der Waals surface area (Å²) >= 11 is 0. The third kappa shape index (κ3) is 7.36. The van der Waals surface area contributed by atoms with Crippen LogP contribution in [0.15, 0.2) is 29.4 Å². The topological polar surface area (TPSA) is 66.4 Å². The monoisotopic (exact) mass is 460 g/mol. The number of hydrogen-bond donors (Lipinski definition) is 1. The van der Waals surface area contributed by atoms with Crippen LogP contribution in [0, 0.1) is 0 Å². The molecule has 0 saturated carbocycles. The molecule has 1 N–H and O–H groups in total. The van der Waals surface area contributed by atoms with E-state index in [0.29, 0.717) is 29.2 Å². The lowest BCUT2D eigenvalue weighted by Crippen LogP contribution is -2.29. The molecular formula is C27H40O6. The van der Waals surface area contributed by atoms with Gasteiger partial charge in [0.25, 0.3) is 0 Å². The van der Waals surface area contributed by atoms with Gasteiger partial charge in [0.1, 0.15) is 22.8 Å². The second-order valence-corrected chi connectivity index (χ2v) is 9.18. The summed E-state index contributed by atoms with van der Waals surface area (Å²) in [5.74, 6) is 1.71. The van der Waals surface area contributed by atoms with Gasteiger partial charge >= 0.3 is 0 Å². The van der Waals surface area contributed by atoms with Crippen molar-refractivity contribution in [3.63, 3.8) is 0 Å². The van der Waals surface area contributed by atoms with Crippen molar-refractivity contribution in [2.45, 2.75) is 72.5 Å². The minimum atomic E-state index is -0.814. The Labute approximate surface area is 198 Å². The first kappa shape index (κ1) is 27.0. The zero-order valence-corrected chi connectivity index (χ0v) is 21.4. The van der Waals surface area contributed by atoms with Gasteiger partial charge in [-0.25, -0.2) is 0 Å². The summed E-state index contributed by atoms with van der Waals surface area (Å²) in [6.07, 6.45) is 10.1. The molecule has 2 rings (SSSR count). The number of methoxy groups -OCH3 is 2. The van der Waals surface area contributed by atoms with Gasteiger partial charge in [0.15, 0.2) is 13.6 Å². The summed E-state index contributed by atoms with van der Waals surface area (Å²) in [5, 5.41) is 10.8. The highest BCUT2D eigenvalue weighted by molar-refractivity contribution is 5.75. The fourth-order valence-electron chi connectivity index (χ4n) is 3.72. The smallest absolute Gasteiger partial charge is 0.188 e. The lowest BCUT2D eigenvalue weighted by atomic mass is 9.91. The number of benzene rings is 1. The average Bonchev–Trinajstić information content (AvgIpc) is 2.73. The fraction of sp³-hybridized carbons (Fsp3) is 0.556. The Hall–Kier alpha value is -2.28. The number of hydrogen-bond acceptors (Lipinski definition) is 6. The Morgan fingerprint density at radius 1 is 1.06 bits per heavy atom. The van der Waals surface area contributed by atoms with Crippen LogP contribution in [0.4, 0.5) is 0 Å². The first-order valence-electron chi connectivity index (χ1n) is 11.4.